The smallest absolute Gasteiger partial charge is 0.338 e. The molecule has 0 atom stereocenters. The van der Waals surface area contributed by atoms with Gasteiger partial charge in [-0.2, -0.15) is 11.8 Å². The van der Waals surface area contributed by atoms with E-state index in [9.17, 15) is 4.79 Å². The van der Waals surface area contributed by atoms with Gasteiger partial charge in [0.2, 0.25) is 0 Å². The Morgan fingerprint density at radius 1 is 1.44 bits per heavy atom. The van der Waals surface area contributed by atoms with Crippen molar-refractivity contribution < 1.29 is 14.3 Å². The third kappa shape index (κ3) is 4.49. The summed E-state index contributed by atoms with van der Waals surface area (Å²) in [5.41, 5.74) is 6.70. The van der Waals surface area contributed by atoms with Crippen LogP contribution in [-0.2, 0) is 4.74 Å². The van der Waals surface area contributed by atoms with Gasteiger partial charge in [0.1, 0.15) is 5.75 Å². The lowest BCUT2D eigenvalue weighted by molar-refractivity contribution is 0.0506. The maximum absolute atomic E-state index is 11.7. The van der Waals surface area contributed by atoms with Crippen molar-refractivity contribution in [2.45, 2.75) is 13.3 Å². The second kappa shape index (κ2) is 7.87. The first kappa shape index (κ1) is 14.7. The van der Waals surface area contributed by atoms with E-state index >= 15 is 0 Å². The van der Waals surface area contributed by atoms with Gasteiger partial charge in [0.05, 0.1) is 24.5 Å². The number of anilines is 1. The Kier molecular flexibility index (Phi) is 6.43. The molecule has 0 fully saturated rings. The van der Waals surface area contributed by atoms with Gasteiger partial charge in [0, 0.05) is 0 Å². The predicted octanol–water partition coefficient (Wildman–Crippen LogP) is 2.58. The lowest BCUT2D eigenvalue weighted by atomic mass is 10.2. The summed E-state index contributed by atoms with van der Waals surface area (Å²) in [6.07, 6.45) is 2.88. The Morgan fingerprint density at radius 2 is 2.22 bits per heavy atom. The molecule has 5 heteroatoms. The van der Waals surface area contributed by atoms with Crippen LogP contribution in [0.1, 0.15) is 23.7 Å². The lowest BCUT2D eigenvalue weighted by Crippen LogP contribution is -2.08. The maximum Gasteiger partial charge on any atom is 0.338 e. The summed E-state index contributed by atoms with van der Waals surface area (Å²) < 4.78 is 10.4. The number of ether oxygens (including phenoxy) is 2. The number of thioether (sulfide) groups is 1. The van der Waals surface area contributed by atoms with E-state index in [4.69, 9.17) is 15.2 Å². The van der Waals surface area contributed by atoms with Crippen LogP contribution < -0.4 is 10.5 Å². The summed E-state index contributed by atoms with van der Waals surface area (Å²) >= 11 is 1.73. The molecule has 0 spiro atoms. The zero-order valence-electron chi connectivity index (χ0n) is 10.8. The lowest BCUT2D eigenvalue weighted by Gasteiger charge is -2.08. The van der Waals surface area contributed by atoms with Crippen LogP contribution in [0.15, 0.2) is 18.2 Å². The molecule has 2 N–H and O–H groups in total. The number of nitrogens with two attached hydrogens (primary N) is 1. The molecule has 0 saturated carbocycles. The van der Waals surface area contributed by atoms with Gasteiger partial charge in [0.15, 0.2) is 0 Å². The summed E-state index contributed by atoms with van der Waals surface area (Å²) in [7, 11) is 0. The summed E-state index contributed by atoms with van der Waals surface area (Å²) in [6.45, 7) is 2.86. The molecule has 0 heterocycles. The third-order valence-corrected chi connectivity index (χ3v) is 2.97. The van der Waals surface area contributed by atoms with Gasteiger partial charge in [-0.1, -0.05) is 0 Å². The Hall–Kier alpha value is -1.36. The first-order valence-corrected chi connectivity index (χ1v) is 7.26. The van der Waals surface area contributed by atoms with E-state index < -0.39 is 0 Å². The van der Waals surface area contributed by atoms with Gasteiger partial charge in [-0.05, 0) is 43.6 Å². The zero-order chi connectivity index (χ0) is 13.4. The van der Waals surface area contributed by atoms with Crippen molar-refractivity contribution >= 4 is 23.4 Å². The average molecular weight is 269 g/mol. The van der Waals surface area contributed by atoms with Gasteiger partial charge in [0.25, 0.3) is 0 Å². The third-order valence-electron chi connectivity index (χ3n) is 2.27. The van der Waals surface area contributed by atoms with E-state index in [1.165, 1.54) is 0 Å². The molecule has 0 unspecified atom stereocenters. The number of rotatable bonds is 7. The van der Waals surface area contributed by atoms with Crippen LogP contribution in [0.3, 0.4) is 0 Å². The molecule has 1 aromatic rings. The maximum atomic E-state index is 11.7. The van der Waals surface area contributed by atoms with E-state index in [0.29, 0.717) is 30.2 Å². The summed E-state index contributed by atoms with van der Waals surface area (Å²) in [6, 6.07) is 4.94. The molecule has 0 aliphatic heterocycles. The van der Waals surface area contributed by atoms with Crippen molar-refractivity contribution in [2.24, 2.45) is 0 Å². The summed E-state index contributed by atoms with van der Waals surface area (Å²) in [5, 5.41) is 0. The quantitative estimate of drug-likeness (QED) is 0.468. The van der Waals surface area contributed by atoms with E-state index in [1.807, 2.05) is 13.2 Å². The minimum absolute atomic E-state index is 0.342. The van der Waals surface area contributed by atoms with E-state index in [2.05, 4.69) is 0 Å². The van der Waals surface area contributed by atoms with Crippen molar-refractivity contribution in [1.82, 2.24) is 0 Å². The number of carbonyl (C=O) groups excluding carboxylic acids is 1. The molecule has 0 aliphatic rings. The minimum atomic E-state index is -0.342. The van der Waals surface area contributed by atoms with Gasteiger partial charge in [-0.15, -0.1) is 0 Å². The van der Waals surface area contributed by atoms with Crippen LogP contribution in [0.25, 0.3) is 0 Å². The highest BCUT2D eigenvalue weighted by atomic mass is 32.2. The fourth-order valence-corrected chi connectivity index (χ4v) is 1.82. The highest BCUT2D eigenvalue weighted by Gasteiger charge is 2.09. The zero-order valence-corrected chi connectivity index (χ0v) is 11.6. The van der Waals surface area contributed by atoms with Crippen LogP contribution in [0, 0.1) is 0 Å². The van der Waals surface area contributed by atoms with Crippen LogP contribution in [0.2, 0.25) is 0 Å². The van der Waals surface area contributed by atoms with Crippen LogP contribution in [0.5, 0.6) is 5.75 Å². The fraction of sp³-hybridized carbons (Fsp3) is 0.462. The van der Waals surface area contributed by atoms with Crippen LogP contribution in [-0.4, -0.2) is 31.2 Å². The minimum Gasteiger partial charge on any atom is -0.492 e. The molecule has 0 bridgehead atoms. The van der Waals surface area contributed by atoms with Crippen molar-refractivity contribution in [3.8, 4) is 5.75 Å². The molecular formula is C13H19NO3S. The highest BCUT2D eigenvalue weighted by Crippen LogP contribution is 2.22. The standard InChI is InChI=1S/C13H19NO3S/c1-3-16-12-6-5-10(9-11(12)14)13(15)17-7-4-8-18-2/h5-6,9H,3-4,7-8,14H2,1-2H3. The van der Waals surface area contributed by atoms with Crippen molar-refractivity contribution in [3.63, 3.8) is 0 Å². The molecule has 0 aromatic heterocycles. The fourth-order valence-electron chi connectivity index (χ4n) is 1.41. The highest BCUT2D eigenvalue weighted by molar-refractivity contribution is 7.98. The molecule has 0 aliphatic carbocycles. The Morgan fingerprint density at radius 3 is 2.83 bits per heavy atom. The Labute approximate surface area is 112 Å². The molecule has 1 aromatic carbocycles. The molecule has 0 saturated heterocycles. The molecule has 18 heavy (non-hydrogen) atoms. The second-order valence-electron chi connectivity index (χ2n) is 3.67. The van der Waals surface area contributed by atoms with Gasteiger partial charge in [-0.25, -0.2) is 4.79 Å². The van der Waals surface area contributed by atoms with E-state index in [-0.39, 0.29) is 5.97 Å². The van der Waals surface area contributed by atoms with Crippen molar-refractivity contribution in [3.05, 3.63) is 23.8 Å². The number of esters is 1. The SMILES string of the molecule is CCOc1ccc(C(=O)OCCCSC)cc1N. The monoisotopic (exact) mass is 269 g/mol. The van der Waals surface area contributed by atoms with E-state index in [0.717, 1.165) is 12.2 Å². The second-order valence-corrected chi connectivity index (χ2v) is 4.65. The van der Waals surface area contributed by atoms with Gasteiger partial charge >= 0.3 is 5.97 Å². The first-order chi connectivity index (χ1) is 8.69. The molecule has 100 valence electrons. The average Bonchev–Trinajstić information content (AvgIpc) is 2.37. The summed E-state index contributed by atoms with van der Waals surface area (Å²) in [5.74, 6) is 1.24. The number of carbonyl (C=O) groups is 1. The largest absolute Gasteiger partial charge is 0.492 e. The van der Waals surface area contributed by atoms with Crippen molar-refractivity contribution in [2.75, 3.05) is 31.0 Å². The first-order valence-electron chi connectivity index (χ1n) is 5.87. The van der Waals surface area contributed by atoms with Crippen LogP contribution in [0.4, 0.5) is 5.69 Å². The summed E-state index contributed by atoms with van der Waals surface area (Å²) in [4.78, 5) is 11.7. The van der Waals surface area contributed by atoms with Crippen molar-refractivity contribution in [1.29, 1.82) is 0 Å². The number of nitrogen functional groups attached to an aromatic ring is 1. The number of hydrogen-bond acceptors (Lipinski definition) is 5. The van der Waals surface area contributed by atoms with Gasteiger partial charge < -0.3 is 15.2 Å². The number of benzene rings is 1. The number of hydrogen-bond donors (Lipinski definition) is 1. The molecule has 0 amide bonds. The topological polar surface area (TPSA) is 61.5 Å². The molecular weight excluding hydrogens is 250 g/mol. The normalized spacial score (nSPS) is 10.1. The molecule has 1 rings (SSSR count). The predicted molar refractivity (Wildman–Crippen MR) is 75.3 cm³/mol. The Bertz CT molecular complexity index is 396. The van der Waals surface area contributed by atoms with Gasteiger partial charge in [-0.3, -0.25) is 0 Å². The Balaban J connectivity index is 2.55. The van der Waals surface area contributed by atoms with E-state index in [1.54, 1.807) is 30.0 Å². The van der Waals surface area contributed by atoms with Crippen LogP contribution >= 0.6 is 11.8 Å². The molecule has 0 radical (unpaired) electrons. The molecule has 4 nitrogen and oxygen atoms in total.